The smallest absolute Gasteiger partial charge is 0.338 e. The normalized spacial score (nSPS) is 33.7. The van der Waals surface area contributed by atoms with E-state index in [2.05, 4.69) is 0 Å². The molecule has 110 valence electrons. The van der Waals surface area contributed by atoms with Gasteiger partial charge in [-0.15, -0.1) is 0 Å². The molecule has 1 aliphatic heterocycles. The fraction of sp³-hybridized carbons (Fsp3) is 0.462. The first-order valence-corrected chi connectivity index (χ1v) is 6.11. The Balaban J connectivity index is 2.11. The summed E-state index contributed by atoms with van der Waals surface area (Å²) in [5.74, 6) is -0.722. The van der Waals surface area contributed by atoms with E-state index in [1.165, 1.54) is 12.1 Å². The van der Waals surface area contributed by atoms with Gasteiger partial charge < -0.3 is 29.9 Å². The topological polar surface area (TPSA) is 116 Å². The quantitative estimate of drug-likeness (QED) is 0.507. The Morgan fingerprint density at radius 2 is 1.80 bits per heavy atom. The van der Waals surface area contributed by atoms with E-state index >= 15 is 0 Å². The second kappa shape index (κ2) is 6.29. The summed E-state index contributed by atoms with van der Waals surface area (Å²) in [5, 5.41) is 37.8. The summed E-state index contributed by atoms with van der Waals surface area (Å²) in [4.78, 5) is 11.9. The van der Waals surface area contributed by atoms with Crippen LogP contribution >= 0.6 is 0 Å². The van der Waals surface area contributed by atoms with Crippen molar-refractivity contribution in [3.05, 3.63) is 35.9 Å². The van der Waals surface area contributed by atoms with Crippen LogP contribution in [0, 0.1) is 0 Å². The lowest BCUT2D eigenvalue weighted by atomic mass is 9.99. The minimum atomic E-state index is -1.64. The molecule has 1 aromatic rings. The minimum Gasteiger partial charge on any atom is -0.453 e. The van der Waals surface area contributed by atoms with Crippen LogP contribution in [0.25, 0.3) is 0 Å². The summed E-state index contributed by atoms with van der Waals surface area (Å²) >= 11 is 0. The number of benzene rings is 1. The highest BCUT2D eigenvalue weighted by Crippen LogP contribution is 2.23. The van der Waals surface area contributed by atoms with Crippen molar-refractivity contribution in [3.8, 4) is 0 Å². The van der Waals surface area contributed by atoms with Crippen LogP contribution in [0.2, 0.25) is 0 Å². The summed E-state index contributed by atoms with van der Waals surface area (Å²) in [7, 11) is 0. The molecule has 0 aromatic heterocycles. The summed E-state index contributed by atoms with van der Waals surface area (Å²) in [6.07, 6.45) is -7.20. The molecule has 4 N–H and O–H groups in total. The number of hydrogen-bond donors (Lipinski definition) is 4. The van der Waals surface area contributed by atoms with E-state index in [9.17, 15) is 20.1 Å². The number of ether oxygens (including phenoxy) is 2. The maximum atomic E-state index is 11.9. The molecule has 0 unspecified atom stereocenters. The molecular weight excluding hydrogens is 268 g/mol. The molecule has 5 atom stereocenters. The van der Waals surface area contributed by atoms with Gasteiger partial charge in [-0.25, -0.2) is 4.79 Å². The molecule has 20 heavy (non-hydrogen) atoms. The molecule has 0 bridgehead atoms. The summed E-state index contributed by atoms with van der Waals surface area (Å²) in [6, 6.07) is 8.07. The van der Waals surface area contributed by atoms with Gasteiger partial charge in [0.1, 0.15) is 18.3 Å². The van der Waals surface area contributed by atoms with Crippen LogP contribution in [0.5, 0.6) is 0 Å². The molecule has 1 fully saturated rings. The van der Waals surface area contributed by atoms with E-state index in [4.69, 9.17) is 14.6 Å². The van der Waals surface area contributed by atoms with E-state index < -0.39 is 43.3 Å². The van der Waals surface area contributed by atoms with Crippen LogP contribution in [0.3, 0.4) is 0 Å². The first-order valence-electron chi connectivity index (χ1n) is 6.11. The second-order valence-corrected chi connectivity index (χ2v) is 4.46. The van der Waals surface area contributed by atoms with Crippen molar-refractivity contribution in [2.75, 3.05) is 6.61 Å². The van der Waals surface area contributed by atoms with E-state index in [0.717, 1.165) is 0 Å². The van der Waals surface area contributed by atoms with Gasteiger partial charge in [0.05, 0.1) is 12.2 Å². The molecule has 0 amide bonds. The second-order valence-electron chi connectivity index (χ2n) is 4.46. The zero-order valence-corrected chi connectivity index (χ0v) is 10.5. The van der Waals surface area contributed by atoms with Gasteiger partial charge in [0.25, 0.3) is 0 Å². The van der Waals surface area contributed by atoms with Crippen molar-refractivity contribution in [1.82, 2.24) is 0 Å². The van der Waals surface area contributed by atoms with Crippen molar-refractivity contribution in [2.45, 2.75) is 30.7 Å². The molecule has 1 heterocycles. The standard InChI is InChI=1S/C13H16O7/c14-6-8-11(9(15)10(16)13(18)19-8)20-12(17)7-4-2-1-3-5-7/h1-5,8-11,13-16,18H,6H2/t8-,9-,10-,11-,13-/m1/s1. The van der Waals surface area contributed by atoms with Crippen molar-refractivity contribution in [2.24, 2.45) is 0 Å². The number of carbonyl (C=O) groups is 1. The Morgan fingerprint density at radius 1 is 1.15 bits per heavy atom. The van der Waals surface area contributed by atoms with Crippen LogP contribution in [-0.4, -0.2) is 63.7 Å². The van der Waals surface area contributed by atoms with E-state index in [-0.39, 0.29) is 5.56 Å². The highest BCUT2D eigenvalue weighted by Gasteiger charge is 2.45. The molecule has 7 heteroatoms. The van der Waals surface area contributed by atoms with Gasteiger partial charge in [0, 0.05) is 0 Å². The first-order chi connectivity index (χ1) is 9.54. The van der Waals surface area contributed by atoms with Crippen molar-refractivity contribution in [1.29, 1.82) is 0 Å². The van der Waals surface area contributed by atoms with Gasteiger partial charge in [-0.2, -0.15) is 0 Å². The predicted octanol–water partition coefficient (Wildman–Crippen LogP) is -1.36. The zero-order chi connectivity index (χ0) is 14.7. The Labute approximate surface area is 115 Å². The molecule has 1 aromatic carbocycles. The molecule has 2 rings (SSSR count). The highest BCUT2D eigenvalue weighted by atomic mass is 16.7. The van der Waals surface area contributed by atoms with Gasteiger partial charge in [0.2, 0.25) is 0 Å². The largest absolute Gasteiger partial charge is 0.453 e. The lowest BCUT2D eigenvalue weighted by Crippen LogP contribution is -2.59. The van der Waals surface area contributed by atoms with Gasteiger partial charge in [-0.05, 0) is 12.1 Å². The molecule has 0 aliphatic carbocycles. The van der Waals surface area contributed by atoms with Gasteiger partial charge in [-0.3, -0.25) is 0 Å². The minimum absolute atomic E-state index is 0.261. The monoisotopic (exact) mass is 284 g/mol. The predicted molar refractivity (Wildman–Crippen MR) is 65.6 cm³/mol. The average Bonchev–Trinajstić information content (AvgIpc) is 2.48. The van der Waals surface area contributed by atoms with Crippen LogP contribution in [0.4, 0.5) is 0 Å². The van der Waals surface area contributed by atoms with Gasteiger partial charge in [0.15, 0.2) is 12.4 Å². The third kappa shape index (κ3) is 2.97. The Morgan fingerprint density at radius 3 is 2.40 bits per heavy atom. The van der Waals surface area contributed by atoms with Gasteiger partial charge >= 0.3 is 5.97 Å². The first kappa shape index (κ1) is 14.9. The Bertz CT molecular complexity index is 447. The molecule has 1 saturated heterocycles. The number of carbonyl (C=O) groups excluding carboxylic acids is 1. The molecule has 0 radical (unpaired) electrons. The van der Waals surface area contributed by atoms with E-state index in [1.807, 2.05) is 0 Å². The van der Waals surface area contributed by atoms with Crippen LogP contribution < -0.4 is 0 Å². The van der Waals surface area contributed by atoms with E-state index in [0.29, 0.717) is 0 Å². The number of aliphatic hydroxyl groups is 4. The van der Waals surface area contributed by atoms with Crippen LogP contribution in [-0.2, 0) is 9.47 Å². The number of esters is 1. The fourth-order valence-corrected chi connectivity index (χ4v) is 1.98. The maximum absolute atomic E-state index is 11.9. The summed E-state index contributed by atoms with van der Waals surface area (Å²) in [5.41, 5.74) is 0.261. The molecule has 7 nitrogen and oxygen atoms in total. The third-order valence-electron chi connectivity index (χ3n) is 3.09. The van der Waals surface area contributed by atoms with Crippen molar-refractivity contribution in [3.63, 3.8) is 0 Å². The summed E-state index contributed by atoms with van der Waals surface area (Å²) < 4.78 is 9.95. The number of rotatable bonds is 3. The van der Waals surface area contributed by atoms with E-state index in [1.54, 1.807) is 18.2 Å². The lowest BCUT2D eigenvalue weighted by molar-refractivity contribution is -0.285. The maximum Gasteiger partial charge on any atom is 0.338 e. The molecular formula is C13H16O7. The fourth-order valence-electron chi connectivity index (χ4n) is 1.98. The SMILES string of the molecule is O=C(O[C@H]1[C@H](O)[C@@H](O)[C@H](O)O[C@@H]1CO)c1ccccc1. The Kier molecular flexibility index (Phi) is 4.69. The average molecular weight is 284 g/mol. The highest BCUT2D eigenvalue weighted by molar-refractivity contribution is 5.89. The van der Waals surface area contributed by atoms with Crippen molar-refractivity contribution >= 4 is 5.97 Å². The molecule has 0 spiro atoms. The Hall–Kier alpha value is -1.51. The number of aliphatic hydroxyl groups excluding tert-OH is 4. The van der Waals surface area contributed by atoms with Crippen LogP contribution in [0.1, 0.15) is 10.4 Å². The third-order valence-corrected chi connectivity index (χ3v) is 3.09. The molecule has 0 saturated carbocycles. The zero-order valence-electron chi connectivity index (χ0n) is 10.5. The van der Waals surface area contributed by atoms with Crippen LogP contribution in [0.15, 0.2) is 30.3 Å². The van der Waals surface area contributed by atoms with Gasteiger partial charge in [-0.1, -0.05) is 18.2 Å². The number of hydrogen-bond acceptors (Lipinski definition) is 7. The summed E-state index contributed by atoms with van der Waals surface area (Å²) in [6.45, 7) is -0.576. The van der Waals surface area contributed by atoms with Crippen molar-refractivity contribution < 1.29 is 34.7 Å². The lowest BCUT2D eigenvalue weighted by Gasteiger charge is -2.39. The molecule has 1 aliphatic rings.